The van der Waals surface area contributed by atoms with Crippen LogP contribution in [0.4, 0.5) is 5.69 Å². The first-order valence-electron chi connectivity index (χ1n) is 8.07. The number of carbonyl (C=O) groups excluding carboxylic acids is 3. The molecule has 2 aromatic carbocycles. The molecule has 0 fully saturated rings. The molecule has 7 nitrogen and oxygen atoms in total. The largest absolute Gasteiger partial charge is 0.356 e. The summed E-state index contributed by atoms with van der Waals surface area (Å²) in [5.74, 6) is -1.18. The number of nitrogens with one attached hydrogen (secondary N) is 2. The normalized spacial score (nSPS) is 13.0. The molecule has 0 bridgehead atoms. The van der Waals surface area contributed by atoms with Crippen molar-refractivity contribution in [2.24, 2.45) is 0 Å². The van der Waals surface area contributed by atoms with Crippen molar-refractivity contribution in [2.45, 2.75) is 20.3 Å². The van der Waals surface area contributed by atoms with Crippen LogP contribution in [-0.4, -0.2) is 22.9 Å². The lowest BCUT2D eigenvalue weighted by Gasteiger charge is -2.05. The highest BCUT2D eigenvalue weighted by Gasteiger charge is 2.26. The number of amides is 3. The molecule has 26 heavy (non-hydrogen) atoms. The highest BCUT2D eigenvalue weighted by molar-refractivity contribution is 6.22. The second-order valence-corrected chi connectivity index (χ2v) is 6.33. The van der Waals surface area contributed by atoms with Crippen LogP contribution in [0.25, 0.3) is 11.0 Å². The van der Waals surface area contributed by atoms with Gasteiger partial charge in [0.1, 0.15) is 5.69 Å². The number of anilines is 1. The molecule has 0 spiro atoms. The Morgan fingerprint density at radius 2 is 1.81 bits per heavy atom. The molecular weight excluding hydrogens is 334 g/mol. The van der Waals surface area contributed by atoms with Crippen molar-refractivity contribution in [1.82, 2.24) is 10.5 Å². The number of carbonyl (C=O) groups is 3. The summed E-state index contributed by atoms with van der Waals surface area (Å²) in [6, 6.07) is 8.44. The smallest absolute Gasteiger partial charge is 0.259 e. The zero-order chi connectivity index (χ0) is 18.4. The monoisotopic (exact) mass is 349 g/mol. The molecule has 2 heterocycles. The number of imide groups is 1. The fraction of sp³-hybridized carbons (Fsp3) is 0.158. The number of hydrogen-bond acceptors (Lipinski definition) is 5. The molecule has 1 aromatic heterocycles. The molecule has 3 amide bonds. The quantitative estimate of drug-likeness (QED) is 0.708. The fourth-order valence-corrected chi connectivity index (χ4v) is 2.97. The summed E-state index contributed by atoms with van der Waals surface area (Å²) in [5.41, 5.74) is 4.39. The molecule has 130 valence electrons. The Labute approximate surface area is 148 Å². The number of benzene rings is 2. The maximum Gasteiger partial charge on any atom is 0.259 e. The first kappa shape index (κ1) is 16.0. The molecule has 1 aliphatic heterocycles. The maximum absolute atomic E-state index is 12.4. The highest BCUT2D eigenvalue weighted by atomic mass is 16.5. The van der Waals surface area contributed by atoms with Crippen LogP contribution in [0, 0.1) is 13.8 Å². The van der Waals surface area contributed by atoms with E-state index in [0.29, 0.717) is 22.5 Å². The molecule has 0 radical (unpaired) electrons. The topological polar surface area (TPSA) is 101 Å². The summed E-state index contributed by atoms with van der Waals surface area (Å²) in [4.78, 5) is 35.6. The van der Waals surface area contributed by atoms with Gasteiger partial charge in [0.05, 0.1) is 17.5 Å². The maximum atomic E-state index is 12.4. The molecule has 4 rings (SSSR count). The summed E-state index contributed by atoms with van der Waals surface area (Å²) in [6.45, 7) is 3.97. The summed E-state index contributed by atoms with van der Waals surface area (Å²) < 4.78 is 5.30. The minimum Gasteiger partial charge on any atom is -0.356 e. The van der Waals surface area contributed by atoms with Gasteiger partial charge >= 0.3 is 0 Å². The van der Waals surface area contributed by atoms with Crippen LogP contribution >= 0.6 is 0 Å². The lowest BCUT2D eigenvalue weighted by Crippen LogP contribution is -2.19. The fourth-order valence-electron chi connectivity index (χ4n) is 2.97. The van der Waals surface area contributed by atoms with Gasteiger partial charge in [0, 0.05) is 11.1 Å². The summed E-state index contributed by atoms with van der Waals surface area (Å²) in [7, 11) is 0. The van der Waals surface area contributed by atoms with Crippen LogP contribution in [0.3, 0.4) is 0 Å². The molecule has 2 N–H and O–H groups in total. The Morgan fingerprint density at radius 1 is 1.08 bits per heavy atom. The van der Waals surface area contributed by atoms with Gasteiger partial charge < -0.3 is 9.84 Å². The molecule has 1 aliphatic rings. The molecule has 3 aromatic rings. The Hall–Kier alpha value is -3.48. The van der Waals surface area contributed by atoms with E-state index < -0.39 is 11.8 Å². The average molecular weight is 349 g/mol. The number of aromatic nitrogens is 1. The van der Waals surface area contributed by atoms with E-state index in [0.717, 1.165) is 16.5 Å². The van der Waals surface area contributed by atoms with E-state index >= 15 is 0 Å². The van der Waals surface area contributed by atoms with Gasteiger partial charge in [-0.15, -0.1) is 0 Å². The third kappa shape index (κ3) is 2.63. The summed E-state index contributed by atoms with van der Waals surface area (Å²) in [6.07, 6.45) is 0.0394. The van der Waals surface area contributed by atoms with Gasteiger partial charge in [0.25, 0.3) is 11.8 Å². The standard InChI is InChI=1S/C19H15N3O4/c1-9-5-14-15(22-26-16(14)6-10(9)2)8-17(23)20-11-3-4-12-13(7-11)19(25)21-18(12)24/h3-7H,8H2,1-2H3,(H,20,23)(H,21,24,25). The van der Waals surface area contributed by atoms with Gasteiger partial charge in [0.15, 0.2) is 5.58 Å². The summed E-state index contributed by atoms with van der Waals surface area (Å²) in [5, 5.41) is 9.74. The van der Waals surface area contributed by atoms with E-state index in [4.69, 9.17) is 4.52 Å². The van der Waals surface area contributed by atoms with Crippen molar-refractivity contribution < 1.29 is 18.9 Å². The van der Waals surface area contributed by atoms with Crippen molar-refractivity contribution in [3.05, 3.63) is 58.3 Å². The van der Waals surface area contributed by atoms with Gasteiger partial charge in [-0.25, -0.2) is 0 Å². The number of rotatable bonds is 3. The lowest BCUT2D eigenvalue weighted by atomic mass is 10.1. The first-order chi connectivity index (χ1) is 12.4. The Balaban J connectivity index is 1.55. The van der Waals surface area contributed by atoms with Gasteiger partial charge in [0.2, 0.25) is 5.91 Å². The predicted molar refractivity (Wildman–Crippen MR) is 94.1 cm³/mol. The molecule has 0 unspecified atom stereocenters. The minimum atomic E-state index is -0.463. The van der Waals surface area contributed by atoms with Crippen molar-refractivity contribution in [3.8, 4) is 0 Å². The van der Waals surface area contributed by atoms with Gasteiger partial charge in [-0.05, 0) is 55.3 Å². The number of fused-ring (bicyclic) bond motifs is 2. The van der Waals surface area contributed by atoms with E-state index in [2.05, 4.69) is 15.8 Å². The second-order valence-electron chi connectivity index (χ2n) is 6.33. The zero-order valence-corrected chi connectivity index (χ0v) is 14.2. The van der Waals surface area contributed by atoms with Crippen molar-refractivity contribution in [3.63, 3.8) is 0 Å². The number of aryl methyl sites for hydroxylation is 2. The van der Waals surface area contributed by atoms with Crippen molar-refractivity contribution in [2.75, 3.05) is 5.32 Å². The van der Waals surface area contributed by atoms with E-state index in [9.17, 15) is 14.4 Å². The van der Waals surface area contributed by atoms with Crippen LogP contribution in [0.15, 0.2) is 34.9 Å². The van der Waals surface area contributed by atoms with E-state index in [1.807, 2.05) is 26.0 Å². The Kier molecular flexibility index (Phi) is 3.57. The Bertz CT molecular complexity index is 1100. The van der Waals surface area contributed by atoms with Crippen molar-refractivity contribution >= 4 is 34.4 Å². The molecular formula is C19H15N3O4. The lowest BCUT2D eigenvalue weighted by molar-refractivity contribution is -0.115. The zero-order valence-electron chi connectivity index (χ0n) is 14.2. The van der Waals surface area contributed by atoms with Gasteiger partial charge in [-0.3, -0.25) is 19.7 Å². The van der Waals surface area contributed by atoms with Crippen LogP contribution in [0.1, 0.15) is 37.5 Å². The third-order valence-electron chi connectivity index (χ3n) is 4.51. The molecule has 0 aliphatic carbocycles. The second kappa shape index (κ2) is 5.80. The number of nitrogens with zero attached hydrogens (tertiary/aromatic N) is 1. The van der Waals surface area contributed by atoms with Crippen LogP contribution in [0.5, 0.6) is 0 Å². The third-order valence-corrected chi connectivity index (χ3v) is 4.51. The molecule has 7 heteroatoms. The molecule has 0 saturated heterocycles. The van der Waals surface area contributed by atoms with Crippen molar-refractivity contribution in [1.29, 1.82) is 0 Å². The van der Waals surface area contributed by atoms with Crippen LogP contribution in [0.2, 0.25) is 0 Å². The molecule has 0 saturated carbocycles. The van der Waals surface area contributed by atoms with E-state index in [1.165, 1.54) is 12.1 Å². The molecule has 0 atom stereocenters. The van der Waals surface area contributed by atoms with Gasteiger partial charge in [-0.1, -0.05) is 5.16 Å². The summed E-state index contributed by atoms with van der Waals surface area (Å²) >= 11 is 0. The SMILES string of the molecule is Cc1cc2onc(CC(=O)Nc3ccc4c(c3)C(=O)NC4=O)c2cc1C. The first-order valence-corrected chi connectivity index (χ1v) is 8.07. The van der Waals surface area contributed by atoms with Gasteiger partial charge in [-0.2, -0.15) is 0 Å². The minimum absolute atomic E-state index is 0.0394. The average Bonchev–Trinajstić information content (AvgIpc) is 3.09. The highest BCUT2D eigenvalue weighted by Crippen LogP contribution is 2.24. The van der Waals surface area contributed by atoms with E-state index in [-0.39, 0.29) is 17.9 Å². The number of hydrogen-bond donors (Lipinski definition) is 2. The van der Waals surface area contributed by atoms with Crippen LogP contribution in [-0.2, 0) is 11.2 Å². The van der Waals surface area contributed by atoms with Crippen LogP contribution < -0.4 is 10.6 Å². The predicted octanol–water partition coefficient (Wildman–Crippen LogP) is 2.51. The van der Waals surface area contributed by atoms with E-state index in [1.54, 1.807) is 6.07 Å². The Morgan fingerprint density at radius 3 is 2.62 bits per heavy atom.